The lowest BCUT2D eigenvalue weighted by atomic mass is 9.20. The number of hydrogen-bond donors (Lipinski definition) is 0. The fraction of sp³-hybridized carbons (Fsp3) is 0. The van der Waals surface area contributed by atoms with Crippen molar-refractivity contribution in [3.63, 3.8) is 0 Å². The van der Waals surface area contributed by atoms with Crippen molar-refractivity contribution >= 4 is 68.0 Å². The highest BCUT2D eigenvalue weighted by atomic mass is 16.5. The number of fused-ring (bicyclic) bond motifs is 9. The second-order valence-electron chi connectivity index (χ2n) is 9.64. The maximum absolute atomic E-state index is 6.47. The lowest BCUT2D eigenvalue weighted by Crippen LogP contribution is -2.77. The first kappa shape index (κ1) is 17.3. The Kier molecular flexibility index (Phi) is 2.98. The first-order valence-electron chi connectivity index (χ1n) is 11.9. The Hall–Kier alpha value is -4.17. The number of rotatable bonds is 0. The van der Waals surface area contributed by atoms with E-state index in [1.807, 2.05) is 0 Å². The van der Waals surface area contributed by atoms with E-state index in [9.17, 15) is 0 Å². The zero-order valence-corrected chi connectivity index (χ0v) is 18.3. The van der Waals surface area contributed by atoms with Gasteiger partial charge < -0.3 is 9.30 Å². The van der Waals surface area contributed by atoms with Crippen LogP contribution in [0.15, 0.2) is 103 Å². The van der Waals surface area contributed by atoms with Gasteiger partial charge in [-0.2, -0.15) is 0 Å². The highest BCUT2D eigenvalue weighted by molar-refractivity contribution is 7.13. The van der Waals surface area contributed by atoms with E-state index in [1.165, 1.54) is 60.3 Å². The van der Waals surface area contributed by atoms with Crippen molar-refractivity contribution < 1.29 is 4.74 Å². The molecule has 4 heterocycles. The van der Waals surface area contributed by atoms with Gasteiger partial charge in [-0.15, -0.1) is 0 Å². The summed E-state index contributed by atoms with van der Waals surface area (Å²) in [5.74, 6) is 1.97. The second kappa shape index (κ2) is 5.84. The number of ether oxygens (including phenoxy) is 1. The minimum absolute atomic E-state index is 0.185. The van der Waals surface area contributed by atoms with Crippen LogP contribution in [-0.2, 0) is 0 Å². The summed E-state index contributed by atoms with van der Waals surface area (Å²) in [6, 6.07) is 37.7. The molecule has 0 radical (unpaired) electrons. The topological polar surface area (TPSA) is 14.2 Å². The van der Waals surface area contributed by atoms with Crippen LogP contribution in [0.4, 0.5) is 0 Å². The van der Waals surface area contributed by atoms with Gasteiger partial charge in [0.05, 0.1) is 5.52 Å². The molecule has 0 amide bonds. The van der Waals surface area contributed by atoms with E-state index in [0.29, 0.717) is 0 Å². The monoisotopic (exact) mass is 429 g/mol. The summed E-state index contributed by atoms with van der Waals surface area (Å²) in [4.78, 5) is 0. The molecule has 9 rings (SSSR count). The van der Waals surface area contributed by atoms with Crippen LogP contribution in [0.3, 0.4) is 0 Å². The number of aromatic nitrogens is 1. The molecule has 34 heavy (non-hydrogen) atoms. The predicted molar refractivity (Wildman–Crippen MR) is 143 cm³/mol. The van der Waals surface area contributed by atoms with Gasteiger partial charge in [-0.3, -0.25) is 0 Å². The van der Waals surface area contributed by atoms with E-state index in [4.69, 9.17) is 4.74 Å². The fourth-order valence-electron chi connectivity index (χ4n) is 6.96. The van der Waals surface area contributed by atoms with Crippen molar-refractivity contribution in [1.82, 2.24) is 4.57 Å². The minimum atomic E-state index is 0.185. The van der Waals surface area contributed by atoms with E-state index >= 15 is 0 Å². The van der Waals surface area contributed by atoms with Crippen LogP contribution in [0, 0.1) is 0 Å². The maximum atomic E-state index is 6.47. The molecular weight excluding hydrogens is 412 g/mol. The molecule has 5 aromatic carbocycles. The van der Waals surface area contributed by atoms with Gasteiger partial charge >= 0.3 is 0 Å². The SMILES string of the molecule is c1ccc2c(c1)Oc1cccc3c1B2c1cccc2c1B3c1cccc3c4ccccc4n-2c13. The molecule has 0 atom stereocenters. The molecule has 0 fully saturated rings. The second-order valence-corrected chi connectivity index (χ2v) is 9.64. The fourth-order valence-corrected chi connectivity index (χ4v) is 6.96. The van der Waals surface area contributed by atoms with E-state index in [-0.39, 0.29) is 13.4 Å². The van der Waals surface area contributed by atoms with Crippen LogP contribution >= 0.6 is 0 Å². The Morgan fingerprint density at radius 3 is 2.12 bits per heavy atom. The van der Waals surface area contributed by atoms with Crippen LogP contribution in [0.5, 0.6) is 11.5 Å². The lowest BCUT2D eigenvalue weighted by molar-refractivity contribution is 0.488. The molecule has 2 nitrogen and oxygen atoms in total. The summed E-state index contributed by atoms with van der Waals surface area (Å²) in [6.07, 6.45) is 0. The van der Waals surface area contributed by atoms with Gasteiger partial charge in [0.2, 0.25) is 13.4 Å². The summed E-state index contributed by atoms with van der Waals surface area (Å²) in [7, 11) is 0. The smallest absolute Gasteiger partial charge is 0.249 e. The van der Waals surface area contributed by atoms with Crippen LogP contribution < -0.4 is 37.5 Å². The van der Waals surface area contributed by atoms with Crippen LogP contribution in [-0.4, -0.2) is 18.0 Å². The summed E-state index contributed by atoms with van der Waals surface area (Å²) in [5.41, 5.74) is 12.1. The molecule has 0 spiro atoms. The quantitative estimate of drug-likeness (QED) is 0.338. The normalized spacial score (nSPS) is 14.0. The minimum Gasteiger partial charge on any atom is -0.458 e. The highest BCUT2D eigenvalue weighted by Crippen LogP contribution is 2.34. The molecule has 1 aromatic heterocycles. The van der Waals surface area contributed by atoms with Gasteiger partial charge in [-0.1, -0.05) is 89.8 Å². The van der Waals surface area contributed by atoms with Gasteiger partial charge in [-0.25, -0.2) is 0 Å². The average molecular weight is 429 g/mol. The van der Waals surface area contributed by atoms with Gasteiger partial charge in [0.15, 0.2) is 0 Å². The van der Waals surface area contributed by atoms with Crippen molar-refractivity contribution in [2.24, 2.45) is 0 Å². The van der Waals surface area contributed by atoms with Crippen molar-refractivity contribution in [2.45, 2.75) is 0 Å². The molecule has 0 N–H and O–H groups in total. The molecule has 4 heteroatoms. The van der Waals surface area contributed by atoms with Crippen LogP contribution in [0.25, 0.3) is 27.5 Å². The summed E-state index contributed by atoms with van der Waals surface area (Å²) >= 11 is 0. The maximum Gasteiger partial charge on any atom is 0.249 e. The van der Waals surface area contributed by atoms with E-state index < -0.39 is 0 Å². The summed E-state index contributed by atoms with van der Waals surface area (Å²) in [6.45, 7) is 0.386. The third-order valence-corrected chi connectivity index (χ3v) is 8.14. The van der Waals surface area contributed by atoms with Gasteiger partial charge in [0.1, 0.15) is 11.5 Å². The largest absolute Gasteiger partial charge is 0.458 e. The van der Waals surface area contributed by atoms with Gasteiger partial charge in [0.25, 0.3) is 0 Å². The van der Waals surface area contributed by atoms with E-state index in [2.05, 4.69) is 108 Å². The Bertz CT molecular complexity index is 1870. The first-order valence-corrected chi connectivity index (χ1v) is 11.9. The predicted octanol–water partition coefficient (Wildman–Crippen LogP) is 2.55. The van der Waals surface area contributed by atoms with Crippen LogP contribution in [0.2, 0.25) is 0 Å². The zero-order chi connectivity index (χ0) is 22.0. The number of para-hydroxylation sites is 3. The molecule has 3 aliphatic heterocycles. The molecule has 3 aliphatic rings. The Morgan fingerprint density at radius 2 is 1.15 bits per heavy atom. The first-order chi connectivity index (χ1) is 16.9. The van der Waals surface area contributed by atoms with Gasteiger partial charge in [-0.05, 0) is 46.1 Å². The molecule has 0 aliphatic carbocycles. The van der Waals surface area contributed by atoms with Crippen molar-refractivity contribution in [3.8, 4) is 17.2 Å². The van der Waals surface area contributed by atoms with Crippen LogP contribution in [0.1, 0.15) is 0 Å². The van der Waals surface area contributed by atoms with Crippen molar-refractivity contribution in [1.29, 1.82) is 0 Å². The zero-order valence-electron chi connectivity index (χ0n) is 18.3. The summed E-state index contributed by atoms with van der Waals surface area (Å²) in [5, 5.41) is 2.65. The number of benzene rings is 5. The van der Waals surface area contributed by atoms with Gasteiger partial charge in [0, 0.05) is 22.0 Å². The van der Waals surface area contributed by atoms with Crippen molar-refractivity contribution in [3.05, 3.63) is 103 Å². The highest BCUT2D eigenvalue weighted by Gasteiger charge is 2.46. The molecule has 0 unspecified atom stereocenters. The van der Waals surface area contributed by atoms with E-state index in [0.717, 1.165) is 11.5 Å². The molecule has 6 aromatic rings. The standard InChI is InChI=1S/C30H17B2NO/c1-3-14-24-18(8-1)19-9-5-13-23-30(19)33(24)25-15-6-11-21-28(25)32(23)22-12-7-17-27-29(22)31(21)20-10-2-4-16-26(20)34-27/h1-17H. The Labute approximate surface area is 197 Å². The molecule has 0 bridgehead atoms. The number of nitrogens with zero attached hydrogens (tertiary/aromatic N) is 1. The Balaban J connectivity index is 1.51. The molecular formula is C30H17B2NO. The van der Waals surface area contributed by atoms with Crippen molar-refractivity contribution in [2.75, 3.05) is 0 Å². The molecule has 0 saturated heterocycles. The lowest BCUT2D eigenvalue weighted by Gasteiger charge is -2.39. The molecule has 154 valence electrons. The van der Waals surface area contributed by atoms with E-state index in [1.54, 1.807) is 0 Å². The summed E-state index contributed by atoms with van der Waals surface area (Å²) < 4.78 is 8.98. The Morgan fingerprint density at radius 1 is 0.500 bits per heavy atom. The third-order valence-electron chi connectivity index (χ3n) is 8.14. The average Bonchev–Trinajstić information content (AvgIpc) is 3.23. The molecule has 0 saturated carbocycles. The number of hydrogen-bond acceptors (Lipinski definition) is 1. The third kappa shape index (κ3) is 1.86.